The van der Waals surface area contributed by atoms with Crippen LogP contribution in [-0.4, -0.2) is 76.9 Å². The predicted octanol–water partition coefficient (Wildman–Crippen LogP) is 1.96. The lowest BCUT2D eigenvalue weighted by Crippen LogP contribution is -2.37. The third-order valence-corrected chi connectivity index (χ3v) is 6.23. The standard InChI is InChI=1S/C24H27FN6O5/c1-5-19(33)30-10-14(8-15(30)11-34-2)31-24-20(23(26)27-12-28-24)22(29-31)17(32)7-13-6-16(35-3)9-18(36-4)21(13)25/h5-6,9,12,14-15H,1,7-8,10-11H2,2-4H3,(H2,26,27,28)/t14-,15+/m0/s1. The van der Waals surface area contributed by atoms with Gasteiger partial charge in [-0.2, -0.15) is 5.10 Å². The minimum atomic E-state index is -0.670. The quantitative estimate of drug-likeness (QED) is 0.347. The lowest BCUT2D eigenvalue weighted by molar-refractivity contribution is -0.127. The van der Waals surface area contributed by atoms with E-state index >= 15 is 0 Å². The molecule has 0 saturated carbocycles. The van der Waals surface area contributed by atoms with E-state index in [2.05, 4.69) is 21.6 Å². The molecule has 0 aliphatic carbocycles. The zero-order chi connectivity index (χ0) is 26.0. The first kappa shape index (κ1) is 25.0. The summed E-state index contributed by atoms with van der Waals surface area (Å²) in [6.45, 7) is 4.22. The number of nitrogen functional groups attached to an aromatic ring is 1. The van der Waals surface area contributed by atoms with E-state index in [0.717, 1.165) is 0 Å². The number of hydrogen-bond donors (Lipinski definition) is 1. The predicted molar refractivity (Wildman–Crippen MR) is 129 cm³/mol. The van der Waals surface area contributed by atoms with Crippen LogP contribution in [0.5, 0.6) is 11.5 Å². The Bertz CT molecular complexity index is 1330. The van der Waals surface area contributed by atoms with Crippen LogP contribution in [0.4, 0.5) is 10.2 Å². The lowest BCUT2D eigenvalue weighted by Gasteiger charge is -2.22. The van der Waals surface area contributed by atoms with Crippen LogP contribution in [0.2, 0.25) is 0 Å². The fourth-order valence-corrected chi connectivity index (χ4v) is 4.53. The van der Waals surface area contributed by atoms with E-state index in [1.807, 2.05) is 0 Å². The van der Waals surface area contributed by atoms with Crippen LogP contribution in [0, 0.1) is 5.82 Å². The second-order valence-corrected chi connectivity index (χ2v) is 8.35. The average molecular weight is 499 g/mol. The number of Topliss-reactive ketones (excluding diaryl/α,β-unsaturated/α-hetero) is 1. The number of fused-ring (bicyclic) bond motifs is 1. The summed E-state index contributed by atoms with van der Waals surface area (Å²) in [6, 6.07) is 2.31. The molecule has 2 N–H and O–H groups in total. The topological polar surface area (TPSA) is 135 Å². The number of benzene rings is 1. The Kier molecular flexibility index (Phi) is 7.15. The number of ketones is 1. The maximum atomic E-state index is 14.9. The van der Waals surface area contributed by atoms with Crippen molar-refractivity contribution >= 4 is 28.5 Å². The molecule has 1 aliphatic rings. The van der Waals surface area contributed by atoms with Gasteiger partial charge >= 0.3 is 0 Å². The number of methoxy groups -OCH3 is 3. The minimum absolute atomic E-state index is 0.0149. The summed E-state index contributed by atoms with van der Waals surface area (Å²) >= 11 is 0. The van der Waals surface area contributed by atoms with Gasteiger partial charge < -0.3 is 24.8 Å². The van der Waals surface area contributed by atoms with Crippen molar-refractivity contribution in [1.29, 1.82) is 0 Å². The van der Waals surface area contributed by atoms with E-state index in [1.54, 1.807) is 16.7 Å². The molecule has 1 fully saturated rings. The van der Waals surface area contributed by atoms with Crippen LogP contribution in [0.3, 0.4) is 0 Å². The number of carbonyl (C=O) groups is 2. The highest BCUT2D eigenvalue weighted by molar-refractivity contribution is 6.09. The van der Waals surface area contributed by atoms with Gasteiger partial charge in [-0.25, -0.2) is 19.0 Å². The molecule has 3 aromatic rings. The molecular formula is C24H27FN6O5. The molecule has 190 valence electrons. The highest BCUT2D eigenvalue weighted by Gasteiger charge is 2.37. The Labute approximate surface area is 206 Å². The van der Waals surface area contributed by atoms with Gasteiger partial charge in [0.15, 0.2) is 23.0 Å². The van der Waals surface area contributed by atoms with E-state index in [4.69, 9.17) is 19.9 Å². The maximum absolute atomic E-state index is 14.9. The largest absolute Gasteiger partial charge is 0.497 e. The van der Waals surface area contributed by atoms with Crippen LogP contribution in [0.1, 0.15) is 28.5 Å². The molecule has 0 bridgehead atoms. The Hall–Kier alpha value is -4.06. The summed E-state index contributed by atoms with van der Waals surface area (Å²) in [5, 5.41) is 4.83. The molecule has 0 unspecified atom stereocenters. The highest BCUT2D eigenvalue weighted by Crippen LogP contribution is 2.33. The number of nitrogens with zero attached hydrogens (tertiary/aromatic N) is 5. The summed E-state index contributed by atoms with van der Waals surface area (Å²) in [4.78, 5) is 35.8. The number of carbonyl (C=O) groups excluding carboxylic acids is 2. The smallest absolute Gasteiger partial charge is 0.246 e. The molecule has 3 heterocycles. The Morgan fingerprint density at radius 1 is 1.25 bits per heavy atom. The number of aromatic nitrogens is 4. The molecule has 36 heavy (non-hydrogen) atoms. The van der Waals surface area contributed by atoms with E-state index in [0.29, 0.717) is 31.0 Å². The first-order valence-corrected chi connectivity index (χ1v) is 11.2. The molecule has 1 saturated heterocycles. The molecule has 11 nitrogen and oxygen atoms in total. The molecule has 0 spiro atoms. The van der Waals surface area contributed by atoms with Crippen molar-refractivity contribution in [3.05, 3.63) is 48.2 Å². The minimum Gasteiger partial charge on any atom is -0.497 e. The number of anilines is 1. The molecule has 4 rings (SSSR count). The molecule has 12 heteroatoms. The summed E-state index contributed by atoms with van der Waals surface area (Å²) in [7, 11) is 4.32. The monoisotopic (exact) mass is 498 g/mol. The third kappa shape index (κ3) is 4.47. The van der Waals surface area contributed by atoms with E-state index < -0.39 is 11.6 Å². The number of hydrogen-bond acceptors (Lipinski definition) is 9. The first-order valence-electron chi connectivity index (χ1n) is 11.2. The van der Waals surface area contributed by atoms with Crippen LogP contribution < -0.4 is 15.2 Å². The lowest BCUT2D eigenvalue weighted by atomic mass is 10.0. The SMILES string of the molecule is C=CC(=O)N1C[C@@H](n2nc(C(=O)Cc3cc(OC)cc(OC)c3F)c3c(N)ncnc32)C[C@@H]1COC. The number of nitrogens with two attached hydrogens (primary N) is 1. The number of rotatable bonds is 9. The van der Waals surface area contributed by atoms with Crippen LogP contribution in [0.15, 0.2) is 31.1 Å². The number of likely N-dealkylation sites (tertiary alicyclic amines) is 1. The van der Waals surface area contributed by atoms with Crippen LogP contribution >= 0.6 is 0 Å². The summed E-state index contributed by atoms with van der Waals surface area (Å²) < 4.78 is 32.1. The second-order valence-electron chi connectivity index (χ2n) is 8.35. The van der Waals surface area contributed by atoms with Gasteiger partial charge in [0.05, 0.1) is 38.3 Å². The van der Waals surface area contributed by atoms with Gasteiger partial charge in [-0.1, -0.05) is 6.58 Å². The maximum Gasteiger partial charge on any atom is 0.246 e. The van der Waals surface area contributed by atoms with Gasteiger partial charge in [0, 0.05) is 31.7 Å². The van der Waals surface area contributed by atoms with Gasteiger partial charge in [0.25, 0.3) is 0 Å². The van der Waals surface area contributed by atoms with Gasteiger partial charge in [-0.05, 0) is 18.6 Å². The molecule has 1 aromatic carbocycles. The van der Waals surface area contributed by atoms with Gasteiger partial charge in [-0.15, -0.1) is 0 Å². The Morgan fingerprint density at radius 2 is 2.03 bits per heavy atom. The molecular weight excluding hydrogens is 471 g/mol. The Morgan fingerprint density at radius 3 is 2.69 bits per heavy atom. The van der Waals surface area contributed by atoms with Crippen molar-refractivity contribution in [2.75, 3.05) is 40.2 Å². The van der Waals surface area contributed by atoms with Gasteiger partial charge in [0.2, 0.25) is 5.91 Å². The van der Waals surface area contributed by atoms with Crippen molar-refractivity contribution in [1.82, 2.24) is 24.6 Å². The molecule has 1 amide bonds. The fraction of sp³-hybridized carbons (Fsp3) is 0.375. The van der Waals surface area contributed by atoms with Crippen LogP contribution in [0.25, 0.3) is 11.0 Å². The van der Waals surface area contributed by atoms with Crippen LogP contribution in [-0.2, 0) is 16.0 Å². The number of amides is 1. The molecule has 2 aromatic heterocycles. The Balaban J connectivity index is 1.74. The van der Waals surface area contributed by atoms with Crippen molar-refractivity contribution in [3.8, 4) is 11.5 Å². The fourth-order valence-electron chi connectivity index (χ4n) is 4.53. The van der Waals surface area contributed by atoms with Gasteiger partial charge in [-0.3, -0.25) is 9.59 Å². The zero-order valence-corrected chi connectivity index (χ0v) is 20.2. The average Bonchev–Trinajstić information content (AvgIpc) is 3.47. The second kappa shape index (κ2) is 10.3. The molecule has 0 radical (unpaired) electrons. The number of ether oxygens (including phenoxy) is 3. The van der Waals surface area contributed by atoms with Gasteiger partial charge in [0.1, 0.15) is 23.6 Å². The first-order chi connectivity index (χ1) is 17.3. The van der Waals surface area contributed by atoms with Crippen molar-refractivity contribution in [2.24, 2.45) is 0 Å². The summed E-state index contributed by atoms with van der Waals surface area (Å²) in [5.41, 5.74) is 6.57. The summed E-state index contributed by atoms with van der Waals surface area (Å²) in [5.74, 6) is -1.02. The van der Waals surface area contributed by atoms with Crippen molar-refractivity contribution in [3.63, 3.8) is 0 Å². The normalized spacial score (nSPS) is 17.4. The number of halogens is 1. The van der Waals surface area contributed by atoms with Crippen molar-refractivity contribution in [2.45, 2.75) is 24.9 Å². The van der Waals surface area contributed by atoms with Crippen molar-refractivity contribution < 1.29 is 28.2 Å². The van der Waals surface area contributed by atoms with E-state index in [-0.39, 0.29) is 52.6 Å². The van der Waals surface area contributed by atoms with E-state index in [9.17, 15) is 14.0 Å². The highest BCUT2D eigenvalue weighted by atomic mass is 19.1. The molecule has 2 atom stereocenters. The summed E-state index contributed by atoms with van der Waals surface area (Å²) in [6.07, 6.45) is 2.73. The molecule has 1 aliphatic heterocycles. The zero-order valence-electron chi connectivity index (χ0n) is 20.2. The third-order valence-electron chi connectivity index (χ3n) is 6.23. The van der Waals surface area contributed by atoms with E-state index in [1.165, 1.54) is 38.8 Å².